The minimum atomic E-state index is -3.59. The van der Waals surface area contributed by atoms with Crippen LogP contribution in [0.15, 0.2) is 42.7 Å². The Hall–Kier alpha value is -2.82. The van der Waals surface area contributed by atoms with Crippen molar-refractivity contribution in [3.63, 3.8) is 0 Å². The van der Waals surface area contributed by atoms with Crippen LogP contribution in [-0.2, 0) is 28.6 Å². The Morgan fingerprint density at radius 3 is 2.36 bits per heavy atom. The normalized spacial score (nSPS) is 11.4. The molecule has 1 aromatic carbocycles. The minimum absolute atomic E-state index is 0.0790. The van der Waals surface area contributed by atoms with Crippen LogP contribution in [0.25, 0.3) is 0 Å². The second kappa shape index (κ2) is 8.46. The highest BCUT2D eigenvalue weighted by Gasteiger charge is 2.08. The molecule has 0 saturated carbocycles. The number of rotatable bonds is 7. The molecule has 0 aliphatic heterocycles. The van der Waals surface area contributed by atoms with Crippen LogP contribution in [0.5, 0.6) is 11.6 Å². The van der Waals surface area contributed by atoms with Crippen molar-refractivity contribution in [3.8, 4) is 11.6 Å². The molecule has 0 bridgehead atoms. The summed E-state index contributed by atoms with van der Waals surface area (Å²) in [7, 11) is -3.59. The molecule has 0 aliphatic carbocycles. The van der Waals surface area contributed by atoms with E-state index in [1.54, 1.807) is 30.3 Å². The molecular weight excluding hydrogens is 404 g/mol. The van der Waals surface area contributed by atoms with Crippen LogP contribution >= 0.6 is 11.6 Å². The van der Waals surface area contributed by atoms with Crippen LogP contribution in [-0.4, -0.2) is 28.4 Å². The lowest BCUT2D eigenvalue weighted by atomic mass is 10.2. The molecule has 0 spiro atoms. The number of halogens is 1. The Morgan fingerprint density at radius 1 is 1.04 bits per heavy atom. The summed E-state index contributed by atoms with van der Waals surface area (Å²) in [4.78, 5) is 16.5. The van der Waals surface area contributed by atoms with Crippen molar-refractivity contribution >= 4 is 27.6 Å². The maximum Gasteiger partial charge on any atom is 0.224 e. The number of aromatic nitrogens is 4. The summed E-state index contributed by atoms with van der Waals surface area (Å²) in [6.45, 7) is 0. The van der Waals surface area contributed by atoms with Gasteiger partial charge in [-0.1, -0.05) is 23.7 Å². The highest BCUT2D eigenvalue weighted by molar-refractivity contribution is 7.88. The van der Waals surface area contributed by atoms with Gasteiger partial charge in [0.25, 0.3) is 0 Å². The lowest BCUT2D eigenvalue weighted by Gasteiger charge is -2.08. The zero-order chi connectivity index (χ0) is 20.1. The second-order valence-electron chi connectivity index (χ2n) is 5.93. The third-order valence-electron chi connectivity index (χ3n) is 3.57. The summed E-state index contributed by atoms with van der Waals surface area (Å²) in [5.74, 6) is 1.22. The molecule has 2 heterocycles. The van der Waals surface area contributed by atoms with Gasteiger partial charge in [0.05, 0.1) is 16.5 Å². The quantitative estimate of drug-likeness (QED) is 0.588. The van der Waals surface area contributed by atoms with E-state index in [0.29, 0.717) is 40.7 Å². The number of ether oxygens (including phenoxy) is 1. The van der Waals surface area contributed by atoms with Gasteiger partial charge in [0.15, 0.2) is 0 Å². The standard InChI is InChI=1S/C17H17ClN6O3S/c18-12-8-21-15(22-9-12)6-3-13-7-16(24-17(19)23-13)27-14-4-1-11(2-5-14)10-28(20,25)26/h1-2,4-5,7-9H,3,6,10H2,(H2,19,23,24)(H2,20,25,26). The minimum Gasteiger partial charge on any atom is -0.439 e. The largest absolute Gasteiger partial charge is 0.439 e. The molecule has 0 atom stereocenters. The molecule has 28 heavy (non-hydrogen) atoms. The van der Waals surface area contributed by atoms with Crippen molar-refractivity contribution in [1.29, 1.82) is 0 Å². The smallest absolute Gasteiger partial charge is 0.224 e. The number of hydrogen-bond donors (Lipinski definition) is 2. The van der Waals surface area contributed by atoms with Crippen molar-refractivity contribution < 1.29 is 13.2 Å². The first-order valence-electron chi connectivity index (χ1n) is 8.14. The van der Waals surface area contributed by atoms with Crippen molar-refractivity contribution in [3.05, 3.63) is 64.8 Å². The average molecular weight is 421 g/mol. The predicted octanol–water partition coefficient (Wildman–Crippen LogP) is 1.87. The third kappa shape index (κ3) is 6.12. The Balaban J connectivity index is 1.68. The van der Waals surface area contributed by atoms with Crippen molar-refractivity contribution in [2.45, 2.75) is 18.6 Å². The van der Waals surface area contributed by atoms with E-state index < -0.39 is 10.0 Å². The highest BCUT2D eigenvalue weighted by Crippen LogP contribution is 2.22. The molecule has 11 heteroatoms. The van der Waals surface area contributed by atoms with Crippen LogP contribution in [0, 0.1) is 0 Å². The van der Waals surface area contributed by atoms with Crippen LogP contribution in [0.1, 0.15) is 17.1 Å². The van der Waals surface area contributed by atoms with Gasteiger partial charge in [0.1, 0.15) is 11.6 Å². The number of aryl methyl sites for hydroxylation is 2. The molecule has 3 aromatic rings. The fourth-order valence-corrected chi connectivity index (χ4v) is 3.14. The first-order chi connectivity index (χ1) is 13.3. The van der Waals surface area contributed by atoms with E-state index in [4.69, 9.17) is 27.2 Å². The summed E-state index contributed by atoms with van der Waals surface area (Å²) in [6.07, 6.45) is 4.16. The summed E-state index contributed by atoms with van der Waals surface area (Å²) in [6, 6.07) is 8.15. The zero-order valence-corrected chi connectivity index (χ0v) is 16.2. The number of benzene rings is 1. The fraction of sp³-hybridized carbons (Fsp3) is 0.176. The number of hydrogen-bond acceptors (Lipinski definition) is 8. The molecule has 0 aliphatic rings. The molecule has 0 amide bonds. The molecule has 0 saturated heterocycles. The Morgan fingerprint density at radius 2 is 1.71 bits per heavy atom. The molecule has 0 radical (unpaired) electrons. The van der Waals surface area contributed by atoms with Crippen molar-refractivity contribution in [2.24, 2.45) is 5.14 Å². The highest BCUT2D eigenvalue weighted by atomic mass is 35.5. The molecule has 3 rings (SSSR count). The third-order valence-corrected chi connectivity index (χ3v) is 4.50. The van der Waals surface area contributed by atoms with E-state index in [9.17, 15) is 8.42 Å². The Labute approximate surface area is 166 Å². The number of nitrogens with two attached hydrogens (primary N) is 2. The van der Waals surface area contributed by atoms with Crippen molar-refractivity contribution in [1.82, 2.24) is 19.9 Å². The van der Waals surface area contributed by atoms with E-state index >= 15 is 0 Å². The molecule has 2 aromatic heterocycles. The summed E-state index contributed by atoms with van der Waals surface area (Å²) in [5, 5.41) is 5.51. The number of nitrogen functional groups attached to an aromatic ring is 1. The first-order valence-corrected chi connectivity index (χ1v) is 10.2. The molecular formula is C17H17ClN6O3S. The topological polar surface area (TPSA) is 147 Å². The van der Waals surface area contributed by atoms with Crippen LogP contribution in [0.3, 0.4) is 0 Å². The molecule has 0 unspecified atom stereocenters. The number of anilines is 1. The SMILES string of the molecule is Nc1nc(CCc2ncc(Cl)cn2)cc(Oc2ccc(CS(N)(=O)=O)cc2)n1. The van der Waals surface area contributed by atoms with E-state index in [0.717, 1.165) is 0 Å². The van der Waals surface area contributed by atoms with Crippen LogP contribution in [0.4, 0.5) is 5.95 Å². The monoisotopic (exact) mass is 420 g/mol. The maximum atomic E-state index is 11.1. The van der Waals surface area contributed by atoms with Gasteiger partial charge in [-0.2, -0.15) is 4.98 Å². The number of primary sulfonamides is 1. The molecule has 146 valence electrons. The molecule has 4 N–H and O–H groups in total. The van der Waals surface area contributed by atoms with Gasteiger partial charge in [0.2, 0.25) is 21.9 Å². The summed E-state index contributed by atoms with van der Waals surface area (Å²) in [5.41, 5.74) is 6.99. The zero-order valence-electron chi connectivity index (χ0n) is 14.6. The first kappa shape index (κ1) is 19.9. The van der Waals surface area contributed by atoms with Gasteiger partial charge in [0, 0.05) is 24.9 Å². The van der Waals surface area contributed by atoms with E-state index in [1.807, 2.05) is 0 Å². The van der Waals surface area contributed by atoms with Gasteiger partial charge < -0.3 is 10.5 Å². The second-order valence-corrected chi connectivity index (χ2v) is 7.98. The predicted molar refractivity (Wildman–Crippen MR) is 104 cm³/mol. The van der Waals surface area contributed by atoms with Crippen molar-refractivity contribution in [2.75, 3.05) is 5.73 Å². The van der Waals surface area contributed by atoms with Gasteiger partial charge in [-0.25, -0.2) is 28.5 Å². The lowest BCUT2D eigenvalue weighted by molar-refractivity contribution is 0.461. The maximum absolute atomic E-state index is 11.1. The van der Waals surface area contributed by atoms with Gasteiger partial charge >= 0.3 is 0 Å². The Kier molecular flexibility index (Phi) is 6.02. The summed E-state index contributed by atoms with van der Waals surface area (Å²) < 4.78 is 28.0. The molecule has 9 nitrogen and oxygen atoms in total. The fourth-order valence-electron chi connectivity index (χ4n) is 2.39. The van der Waals surface area contributed by atoms with Crippen LogP contribution < -0.4 is 15.6 Å². The van der Waals surface area contributed by atoms with Gasteiger partial charge in [-0.05, 0) is 24.1 Å². The van der Waals surface area contributed by atoms with Crippen LogP contribution in [0.2, 0.25) is 5.02 Å². The van der Waals surface area contributed by atoms with Gasteiger partial charge in [-0.15, -0.1) is 0 Å². The average Bonchev–Trinajstić information content (AvgIpc) is 2.61. The van der Waals surface area contributed by atoms with E-state index in [2.05, 4.69) is 19.9 Å². The van der Waals surface area contributed by atoms with E-state index in [-0.39, 0.29) is 17.6 Å². The molecule has 0 fully saturated rings. The number of sulfonamides is 1. The van der Waals surface area contributed by atoms with E-state index in [1.165, 1.54) is 12.4 Å². The Bertz CT molecular complexity index is 1060. The van der Waals surface area contributed by atoms with Gasteiger partial charge in [-0.3, -0.25) is 0 Å². The summed E-state index contributed by atoms with van der Waals surface area (Å²) >= 11 is 5.77. The number of nitrogens with zero attached hydrogens (tertiary/aromatic N) is 4. The lowest BCUT2D eigenvalue weighted by Crippen LogP contribution is -2.14.